The number of benzene rings is 3. The zero-order chi connectivity index (χ0) is 28.3. The van der Waals surface area contributed by atoms with Crippen LogP contribution in [0.5, 0.6) is 17.2 Å². The van der Waals surface area contributed by atoms with E-state index in [4.69, 9.17) is 30.5 Å². The number of methoxy groups -OCH3 is 3. The van der Waals surface area contributed by atoms with Crippen molar-refractivity contribution in [2.45, 2.75) is 13.0 Å². The summed E-state index contributed by atoms with van der Waals surface area (Å²) in [5, 5.41) is 11.8. The number of carbonyl (C=O) groups is 3. The number of hydrogen-bond donors (Lipinski definition) is 1. The van der Waals surface area contributed by atoms with Gasteiger partial charge in [-0.2, -0.15) is 0 Å². The molecule has 0 spiro atoms. The highest BCUT2D eigenvalue weighted by molar-refractivity contribution is 6.51. The summed E-state index contributed by atoms with van der Waals surface area (Å²) in [7, 11) is 4.31. The van der Waals surface area contributed by atoms with E-state index in [0.717, 1.165) is 0 Å². The lowest BCUT2D eigenvalue weighted by molar-refractivity contribution is -0.132. The molecule has 1 atom stereocenters. The summed E-state index contributed by atoms with van der Waals surface area (Å²) >= 11 is 6.23. The van der Waals surface area contributed by atoms with E-state index in [2.05, 4.69) is 0 Å². The fourth-order valence-electron chi connectivity index (χ4n) is 4.39. The smallest absolute Gasteiger partial charge is 0.338 e. The molecule has 1 aliphatic rings. The van der Waals surface area contributed by atoms with Gasteiger partial charge in [0.05, 0.1) is 55.7 Å². The van der Waals surface area contributed by atoms with Gasteiger partial charge in [0.15, 0.2) is 0 Å². The summed E-state index contributed by atoms with van der Waals surface area (Å²) in [6.07, 6.45) is 0. The topological polar surface area (TPSA) is 112 Å². The molecule has 1 fully saturated rings. The van der Waals surface area contributed by atoms with Crippen LogP contribution in [0.1, 0.15) is 34.5 Å². The zero-order valence-corrected chi connectivity index (χ0v) is 22.4. The molecule has 1 unspecified atom stereocenters. The van der Waals surface area contributed by atoms with E-state index in [1.54, 1.807) is 49.4 Å². The van der Waals surface area contributed by atoms with Crippen molar-refractivity contribution in [2.75, 3.05) is 32.8 Å². The lowest BCUT2D eigenvalue weighted by atomic mass is 9.94. The fourth-order valence-corrected chi connectivity index (χ4v) is 4.62. The number of nitrogens with zero attached hydrogens (tertiary/aromatic N) is 1. The largest absolute Gasteiger partial charge is 0.507 e. The molecule has 0 saturated carbocycles. The Morgan fingerprint density at radius 1 is 0.949 bits per heavy atom. The number of rotatable bonds is 8. The zero-order valence-electron chi connectivity index (χ0n) is 21.7. The molecule has 1 saturated heterocycles. The Morgan fingerprint density at radius 3 is 2.26 bits per heavy atom. The predicted molar refractivity (Wildman–Crippen MR) is 145 cm³/mol. The number of carbonyl (C=O) groups excluding carboxylic acids is 3. The lowest BCUT2D eigenvalue weighted by Gasteiger charge is -2.26. The first-order chi connectivity index (χ1) is 18.7. The second-order valence-electron chi connectivity index (χ2n) is 8.40. The highest BCUT2D eigenvalue weighted by Crippen LogP contribution is 2.45. The Kier molecular flexibility index (Phi) is 8.11. The van der Waals surface area contributed by atoms with Crippen LogP contribution in [-0.4, -0.2) is 50.7 Å². The lowest BCUT2D eigenvalue weighted by Crippen LogP contribution is -2.29. The average Bonchev–Trinajstić information content (AvgIpc) is 3.22. The fraction of sp³-hybridized carbons (Fsp3) is 0.207. The number of esters is 1. The van der Waals surface area contributed by atoms with Crippen LogP contribution in [-0.2, 0) is 14.3 Å². The number of ether oxygens (including phenoxy) is 4. The van der Waals surface area contributed by atoms with Crippen LogP contribution in [0.2, 0.25) is 5.02 Å². The quantitative estimate of drug-likeness (QED) is 0.177. The van der Waals surface area contributed by atoms with E-state index in [9.17, 15) is 19.5 Å². The molecule has 3 aromatic rings. The van der Waals surface area contributed by atoms with Gasteiger partial charge in [0.2, 0.25) is 0 Å². The van der Waals surface area contributed by atoms with Gasteiger partial charge in [0, 0.05) is 11.8 Å². The van der Waals surface area contributed by atoms with Gasteiger partial charge in [-0.15, -0.1) is 0 Å². The van der Waals surface area contributed by atoms with Crippen LogP contribution < -0.4 is 19.1 Å². The molecule has 0 radical (unpaired) electrons. The monoisotopic (exact) mass is 551 g/mol. The van der Waals surface area contributed by atoms with E-state index in [-0.39, 0.29) is 45.5 Å². The van der Waals surface area contributed by atoms with Gasteiger partial charge < -0.3 is 24.1 Å². The number of amides is 1. The molecule has 0 aromatic heterocycles. The second-order valence-corrected chi connectivity index (χ2v) is 8.81. The summed E-state index contributed by atoms with van der Waals surface area (Å²) in [5.74, 6) is -1.91. The first-order valence-corrected chi connectivity index (χ1v) is 12.3. The summed E-state index contributed by atoms with van der Waals surface area (Å²) in [4.78, 5) is 40.7. The highest BCUT2D eigenvalue weighted by Gasteiger charge is 2.47. The third-order valence-electron chi connectivity index (χ3n) is 6.24. The molecule has 0 aliphatic carbocycles. The Balaban J connectivity index is 1.96. The Labute approximate surface area is 230 Å². The molecular formula is C29H26ClNO8. The standard InChI is InChI=1S/C29H26ClNO8/c1-5-39-29(35)17-7-6-8-18(13-17)31-25(16-9-11-19(36-2)12-10-16)24(27(33)28(31)34)26(32)20-14-23(38-4)21(30)15-22(20)37-3/h6-15,25,32H,5H2,1-4H3/b26-24+. The SMILES string of the molecule is CCOC(=O)c1cccc(N2C(=O)C(=O)/C(=C(/O)c3cc(OC)c(Cl)cc3OC)C2c2ccc(OC)cc2)c1. The van der Waals surface area contributed by atoms with Gasteiger partial charge in [-0.3, -0.25) is 14.5 Å². The number of hydrogen-bond acceptors (Lipinski definition) is 8. The van der Waals surface area contributed by atoms with Gasteiger partial charge >= 0.3 is 5.97 Å². The number of halogens is 1. The van der Waals surface area contributed by atoms with Crippen LogP contribution >= 0.6 is 11.6 Å². The van der Waals surface area contributed by atoms with Gasteiger partial charge in [-0.1, -0.05) is 29.8 Å². The van der Waals surface area contributed by atoms with Crippen molar-refractivity contribution in [3.05, 3.63) is 87.9 Å². The van der Waals surface area contributed by atoms with Crippen molar-refractivity contribution in [2.24, 2.45) is 0 Å². The molecule has 4 rings (SSSR count). The molecule has 9 nitrogen and oxygen atoms in total. The molecule has 1 heterocycles. The van der Waals surface area contributed by atoms with E-state index < -0.39 is 29.5 Å². The molecule has 1 amide bonds. The van der Waals surface area contributed by atoms with Crippen LogP contribution in [0, 0.1) is 0 Å². The van der Waals surface area contributed by atoms with Crippen molar-refractivity contribution in [3.63, 3.8) is 0 Å². The Hall–Kier alpha value is -4.50. The third kappa shape index (κ3) is 5.13. The molecule has 39 heavy (non-hydrogen) atoms. The molecular weight excluding hydrogens is 526 g/mol. The van der Waals surface area contributed by atoms with E-state index in [0.29, 0.717) is 11.3 Å². The maximum Gasteiger partial charge on any atom is 0.338 e. The number of Topliss-reactive ketones (excluding diaryl/α,β-unsaturated/α-hetero) is 1. The van der Waals surface area contributed by atoms with Crippen LogP contribution in [0.15, 0.2) is 66.2 Å². The number of ketones is 1. The molecule has 202 valence electrons. The first kappa shape index (κ1) is 27.5. The first-order valence-electron chi connectivity index (χ1n) is 11.9. The van der Waals surface area contributed by atoms with Crippen LogP contribution in [0.3, 0.4) is 0 Å². The molecule has 0 bridgehead atoms. The van der Waals surface area contributed by atoms with Gasteiger partial charge in [0.1, 0.15) is 23.0 Å². The van der Waals surface area contributed by atoms with E-state index in [1.807, 2.05) is 0 Å². The minimum absolute atomic E-state index is 0.107. The summed E-state index contributed by atoms with van der Waals surface area (Å²) < 4.78 is 21.0. The van der Waals surface area contributed by atoms with Gasteiger partial charge in [-0.05, 0) is 48.9 Å². The highest BCUT2D eigenvalue weighted by atomic mass is 35.5. The summed E-state index contributed by atoms with van der Waals surface area (Å²) in [6, 6.07) is 14.7. The molecule has 1 aliphatic heterocycles. The minimum Gasteiger partial charge on any atom is -0.507 e. The molecule has 10 heteroatoms. The van der Waals surface area contributed by atoms with Crippen LogP contribution in [0.4, 0.5) is 5.69 Å². The second kappa shape index (κ2) is 11.5. The summed E-state index contributed by atoms with van der Waals surface area (Å²) in [5.41, 5.74) is 0.903. The number of aliphatic hydroxyl groups excluding tert-OH is 1. The minimum atomic E-state index is -1.06. The van der Waals surface area contributed by atoms with Crippen molar-refractivity contribution in [1.82, 2.24) is 0 Å². The molecule has 1 N–H and O–H groups in total. The van der Waals surface area contributed by atoms with Crippen molar-refractivity contribution in [3.8, 4) is 17.2 Å². The van der Waals surface area contributed by atoms with Gasteiger partial charge in [-0.25, -0.2) is 4.79 Å². The van der Waals surface area contributed by atoms with Crippen molar-refractivity contribution < 1.29 is 38.4 Å². The van der Waals surface area contributed by atoms with Crippen molar-refractivity contribution in [1.29, 1.82) is 0 Å². The predicted octanol–water partition coefficient (Wildman–Crippen LogP) is 5.17. The summed E-state index contributed by atoms with van der Waals surface area (Å²) in [6.45, 7) is 1.86. The van der Waals surface area contributed by atoms with E-state index >= 15 is 0 Å². The number of aliphatic hydroxyl groups is 1. The average molecular weight is 552 g/mol. The maximum absolute atomic E-state index is 13.5. The maximum atomic E-state index is 13.5. The Bertz CT molecular complexity index is 1460. The van der Waals surface area contributed by atoms with Crippen LogP contribution in [0.25, 0.3) is 5.76 Å². The number of anilines is 1. The van der Waals surface area contributed by atoms with Crippen molar-refractivity contribution >= 4 is 40.7 Å². The molecule has 3 aromatic carbocycles. The van der Waals surface area contributed by atoms with Gasteiger partial charge in [0.25, 0.3) is 11.7 Å². The normalized spacial score (nSPS) is 16.2. The van der Waals surface area contributed by atoms with E-state index in [1.165, 1.54) is 44.4 Å². The Morgan fingerprint density at radius 2 is 1.64 bits per heavy atom. The third-order valence-corrected chi connectivity index (χ3v) is 6.54.